The van der Waals surface area contributed by atoms with Gasteiger partial charge in [0.25, 0.3) is 0 Å². The van der Waals surface area contributed by atoms with Crippen molar-refractivity contribution in [3.05, 3.63) is 236 Å². The van der Waals surface area contributed by atoms with E-state index in [0.717, 1.165) is 112 Å². The van der Waals surface area contributed by atoms with Crippen LogP contribution in [0, 0.1) is 0 Å². The largest absolute Gasteiger partial charge is 0.296 e. The van der Waals surface area contributed by atoms with Gasteiger partial charge in [-0.05, 0) is 57.5 Å². The number of hydrogen-bond donors (Lipinski definition) is 0. The molecule has 5 heteroatoms. The molecule has 12 rings (SSSR count). The van der Waals surface area contributed by atoms with Crippen LogP contribution in [0.25, 0.3) is 117 Å². The van der Waals surface area contributed by atoms with E-state index < -0.39 is 0 Å². The minimum atomic E-state index is 0.669. The Morgan fingerprint density at radius 2 is 0.791 bits per heavy atom. The molecule has 67 heavy (non-hydrogen) atoms. The van der Waals surface area contributed by atoms with Crippen LogP contribution in [0.2, 0.25) is 0 Å². The third-order valence-electron chi connectivity index (χ3n) is 12.8. The van der Waals surface area contributed by atoms with Crippen LogP contribution in [-0.4, -0.2) is 24.5 Å². The first kappa shape index (κ1) is 39.8. The molecule has 0 saturated heterocycles. The Labute approximate surface area is 389 Å². The minimum Gasteiger partial charge on any atom is -0.296 e. The average Bonchev–Trinajstić information content (AvgIpc) is 3.81. The van der Waals surface area contributed by atoms with Crippen molar-refractivity contribution < 1.29 is 0 Å². The zero-order valence-corrected chi connectivity index (χ0v) is 36.9. The summed E-state index contributed by atoms with van der Waals surface area (Å²) >= 11 is 0. The molecule has 0 bridgehead atoms. The number of aromatic nitrogens is 5. The molecule has 9 aromatic carbocycles. The van der Waals surface area contributed by atoms with Crippen LogP contribution in [0.3, 0.4) is 0 Å². The SMILES string of the molecule is CCc1nc2c3c(-c4ccc(-c5c(-c6ccc(-c7ccccc7)cc6)nc(-c6ccccc6)nc5-c5ccc(-c6ccccc6)cc5)cc4)nc4ccccc4c3ccc2n1-c1ccccc1. The summed E-state index contributed by atoms with van der Waals surface area (Å²) in [5.41, 5.74) is 17.2. The number of aryl methyl sites for hydroxylation is 1. The highest BCUT2D eigenvalue weighted by atomic mass is 15.1. The van der Waals surface area contributed by atoms with Gasteiger partial charge < -0.3 is 0 Å². The molecule has 0 saturated carbocycles. The third-order valence-corrected chi connectivity index (χ3v) is 12.8. The van der Waals surface area contributed by atoms with Crippen molar-refractivity contribution in [2.75, 3.05) is 0 Å². The topological polar surface area (TPSA) is 56.5 Å². The highest BCUT2D eigenvalue weighted by Crippen LogP contribution is 2.43. The fourth-order valence-corrected chi connectivity index (χ4v) is 9.51. The van der Waals surface area contributed by atoms with E-state index in [1.807, 2.05) is 18.2 Å². The molecule has 316 valence electrons. The lowest BCUT2D eigenvalue weighted by Crippen LogP contribution is -2.01. The summed E-state index contributed by atoms with van der Waals surface area (Å²) in [5, 5.41) is 3.28. The van der Waals surface area contributed by atoms with E-state index in [1.54, 1.807) is 0 Å². The van der Waals surface area contributed by atoms with Gasteiger partial charge in [0, 0.05) is 50.7 Å². The Balaban J connectivity index is 1.07. The number of benzene rings is 9. The van der Waals surface area contributed by atoms with Gasteiger partial charge in [-0.25, -0.2) is 19.9 Å². The van der Waals surface area contributed by atoms with Gasteiger partial charge in [-0.2, -0.15) is 0 Å². The van der Waals surface area contributed by atoms with Crippen molar-refractivity contribution in [1.82, 2.24) is 24.5 Å². The van der Waals surface area contributed by atoms with Crippen LogP contribution in [0.1, 0.15) is 12.7 Å². The Morgan fingerprint density at radius 1 is 0.343 bits per heavy atom. The predicted octanol–water partition coefficient (Wildman–Crippen LogP) is 15.7. The van der Waals surface area contributed by atoms with Crippen molar-refractivity contribution in [1.29, 1.82) is 0 Å². The molecular weight excluding hydrogens is 815 g/mol. The molecule has 0 fully saturated rings. The Hall–Kier alpha value is -8.80. The van der Waals surface area contributed by atoms with E-state index in [4.69, 9.17) is 19.9 Å². The number of rotatable bonds is 9. The maximum Gasteiger partial charge on any atom is 0.160 e. The second-order valence-corrected chi connectivity index (χ2v) is 16.8. The van der Waals surface area contributed by atoms with Gasteiger partial charge in [0.05, 0.1) is 33.6 Å². The van der Waals surface area contributed by atoms with Crippen LogP contribution in [-0.2, 0) is 6.42 Å². The fourth-order valence-electron chi connectivity index (χ4n) is 9.51. The molecule has 0 N–H and O–H groups in total. The molecule has 3 aromatic heterocycles. The summed E-state index contributed by atoms with van der Waals surface area (Å²) < 4.78 is 2.29. The lowest BCUT2D eigenvalue weighted by Gasteiger charge is -2.18. The lowest BCUT2D eigenvalue weighted by atomic mass is 9.91. The maximum absolute atomic E-state index is 5.44. The normalized spacial score (nSPS) is 11.4. The highest BCUT2D eigenvalue weighted by Gasteiger charge is 2.23. The van der Waals surface area contributed by atoms with Gasteiger partial charge >= 0.3 is 0 Å². The van der Waals surface area contributed by atoms with Gasteiger partial charge in [0.2, 0.25) is 0 Å². The molecule has 0 unspecified atom stereocenters. The molecule has 0 atom stereocenters. The number of para-hydroxylation sites is 2. The zero-order valence-electron chi connectivity index (χ0n) is 36.9. The standard InChI is InChI=1S/C62H43N5/c1-2-55-64-61-54(67(55)50-23-13-6-14-24-50)40-39-52-51-25-15-16-26-53(51)63-60(57(52)61)48-37-31-45(32-38-48)56-58(46-33-27-43(28-34-46)41-17-7-3-8-18-41)65-62(49-21-11-5-12-22-49)66-59(56)47-35-29-44(30-36-47)42-19-9-4-10-20-42/h3-40H,2H2,1H3. The number of fused-ring (bicyclic) bond motifs is 5. The van der Waals surface area contributed by atoms with Crippen LogP contribution < -0.4 is 0 Å². The number of imidazole rings is 1. The fraction of sp³-hybridized carbons (Fsp3) is 0.0323. The van der Waals surface area contributed by atoms with E-state index in [0.29, 0.717) is 5.82 Å². The van der Waals surface area contributed by atoms with Crippen LogP contribution in [0.4, 0.5) is 0 Å². The Morgan fingerprint density at radius 3 is 1.34 bits per heavy atom. The first-order chi connectivity index (χ1) is 33.2. The Kier molecular flexibility index (Phi) is 10.1. The van der Waals surface area contributed by atoms with Crippen molar-refractivity contribution in [2.24, 2.45) is 0 Å². The van der Waals surface area contributed by atoms with Crippen molar-refractivity contribution >= 4 is 32.7 Å². The smallest absolute Gasteiger partial charge is 0.160 e. The van der Waals surface area contributed by atoms with Crippen LogP contribution >= 0.6 is 0 Å². The number of nitrogens with zero attached hydrogens (tertiary/aromatic N) is 5. The van der Waals surface area contributed by atoms with Gasteiger partial charge in [0.1, 0.15) is 5.82 Å². The molecule has 0 radical (unpaired) electrons. The zero-order chi connectivity index (χ0) is 44.7. The molecule has 0 amide bonds. The summed E-state index contributed by atoms with van der Waals surface area (Å²) in [5.74, 6) is 1.68. The number of hydrogen-bond acceptors (Lipinski definition) is 4. The molecular formula is C62H43N5. The van der Waals surface area contributed by atoms with Crippen molar-refractivity contribution in [3.8, 4) is 84.2 Å². The van der Waals surface area contributed by atoms with Gasteiger partial charge in [-0.15, -0.1) is 0 Å². The maximum atomic E-state index is 5.44. The summed E-state index contributed by atoms with van der Waals surface area (Å²) in [4.78, 5) is 21.7. The van der Waals surface area contributed by atoms with Crippen LogP contribution in [0.15, 0.2) is 231 Å². The monoisotopic (exact) mass is 857 g/mol. The predicted molar refractivity (Wildman–Crippen MR) is 277 cm³/mol. The minimum absolute atomic E-state index is 0.669. The summed E-state index contributed by atoms with van der Waals surface area (Å²) in [7, 11) is 0. The molecule has 5 nitrogen and oxygen atoms in total. The molecule has 0 aliphatic rings. The first-order valence-corrected chi connectivity index (χ1v) is 22.9. The molecule has 3 heterocycles. The second-order valence-electron chi connectivity index (χ2n) is 16.8. The summed E-state index contributed by atoms with van der Waals surface area (Å²) in [6.07, 6.45) is 0.788. The van der Waals surface area contributed by atoms with Crippen molar-refractivity contribution in [3.63, 3.8) is 0 Å². The molecule has 0 aliphatic carbocycles. The quantitative estimate of drug-likeness (QED) is 0.136. The van der Waals surface area contributed by atoms with E-state index in [2.05, 4.69) is 224 Å². The van der Waals surface area contributed by atoms with Crippen molar-refractivity contribution in [2.45, 2.75) is 13.3 Å². The van der Waals surface area contributed by atoms with Gasteiger partial charge in [0.15, 0.2) is 5.82 Å². The summed E-state index contributed by atoms with van der Waals surface area (Å²) in [6, 6.07) is 81.0. The van der Waals surface area contributed by atoms with Crippen LogP contribution in [0.5, 0.6) is 0 Å². The average molecular weight is 858 g/mol. The Bertz CT molecular complexity index is 3610. The molecule has 0 spiro atoms. The highest BCUT2D eigenvalue weighted by molar-refractivity contribution is 6.20. The van der Waals surface area contributed by atoms with E-state index in [-0.39, 0.29) is 0 Å². The van der Waals surface area contributed by atoms with Gasteiger partial charge in [-0.1, -0.05) is 213 Å². The second kappa shape index (κ2) is 17.0. The molecule has 0 aliphatic heterocycles. The van der Waals surface area contributed by atoms with Gasteiger partial charge in [-0.3, -0.25) is 4.57 Å². The van der Waals surface area contributed by atoms with E-state index in [1.165, 1.54) is 11.1 Å². The molecule has 12 aromatic rings. The number of pyridine rings is 1. The van der Waals surface area contributed by atoms with E-state index >= 15 is 0 Å². The lowest BCUT2D eigenvalue weighted by molar-refractivity contribution is 0.908. The van der Waals surface area contributed by atoms with E-state index in [9.17, 15) is 0 Å². The first-order valence-electron chi connectivity index (χ1n) is 22.9. The third kappa shape index (κ3) is 7.24. The summed E-state index contributed by atoms with van der Waals surface area (Å²) in [6.45, 7) is 2.17.